The monoisotopic (exact) mass is 250 g/mol. The van der Waals surface area contributed by atoms with Gasteiger partial charge < -0.3 is 10.2 Å². The lowest BCUT2D eigenvalue weighted by Gasteiger charge is -2.21. The summed E-state index contributed by atoms with van der Waals surface area (Å²) in [6.45, 7) is 2.16. The van der Waals surface area contributed by atoms with Crippen molar-refractivity contribution >= 4 is 12.1 Å². The minimum atomic E-state index is -0.305. The molecule has 1 atom stereocenters. The topological polar surface area (TPSA) is 83.4 Å². The van der Waals surface area contributed by atoms with Gasteiger partial charge in [0.15, 0.2) is 0 Å². The lowest BCUT2D eigenvalue weighted by molar-refractivity contribution is 0.170. The smallest absolute Gasteiger partial charge is 0.328 e. The fourth-order valence-corrected chi connectivity index (χ4v) is 2.34. The lowest BCUT2D eigenvalue weighted by Crippen LogP contribution is -2.43. The first-order chi connectivity index (χ1) is 8.75. The summed E-state index contributed by atoms with van der Waals surface area (Å²) in [6, 6.07) is -0.421. The van der Waals surface area contributed by atoms with Crippen molar-refractivity contribution in [2.24, 2.45) is 0 Å². The summed E-state index contributed by atoms with van der Waals surface area (Å²) in [6.07, 6.45) is 4.06. The van der Waals surface area contributed by atoms with Crippen molar-refractivity contribution in [2.45, 2.75) is 12.5 Å². The molecule has 0 spiro atoms. The lowest BCUT2D eigenvalue weighted by atomic mass is 10.3. The number of amides is 4. The quantitative estimate of drug-likeness (QED) is 0.739. The largest absolute Gasteiger partial charge is 0.336 e. The van der Waals surface area contributed by atoms with Gasteiger partial charge in [0.25, 0.3) is 0 Å². The molecule has 1 unspecified atom stereocenters. The molecular formula is C10H14N6O2. The van der Waals surface area contributed by atoms with Gasteiger partial charge >= 0.3 is 12.1 Å². The second-order valence-corrected chi connectivity index (χ2v) is 4.40. The van der Waals surface area contributed by atoms with E-state index < -0.39 is 0 Å². The van der Waals surface area contributed by atoms with E-state index in [1.54, 1.807) is 22.1 Å². The Labute approximate surface area is 104 Å². The maximum absolute atomic E-state index is 12.1. The van der Waals surface area contributed by atoms with E-state index in [9.17, 15) is 9.59 Å². The van der Waals surface area contributed by atoms with Crippen molar-refractivity contribution in [3.63, 3.8) is 0 Å². The number of rotatable bonds is 1. The van der Waals surface area contributed by atoms with Crippen LogP contribution in [0.4, 0.5) is 9.59 Å². The summed E-state index contributed by atoms with van der Waals surface area (Å²) >= 11 is 0. The summed E-state index contributed by atoms with van der Waals surface area (Å²) in [5.74, 6) is 0. The minimum Gasteiger partial charge on any atom is -0.336 e. The van der Waals surface area contributed by atoms with Crippen LogP contribution in [0.5, 0.6) is 0 Å². The van der Waals surface area contributed by atoms with Gasteiger partial charge in [-0.2, -0.15) is 15.0 Å². The van der Waals surface area contributed by atoms with Crippen LogP contribution in [0.2, 0.25) is 0 Å². The summed E-state index contributed by atoms with van der Waals surface area (Å²) in [4.78, 5) is 28.1. The van der Waals surface area contributed by atoms with Crippen LogP contribution in [0.3, 0.4) is 0 Å². The van der Waals surface area contributed by atoms with E-state index in [1.165, 1.54) is 4.90 Å². The molecule has 2 aliphatic rings. The Morgan fingerprint density at radius 2 is 2.11 bits per heavy atom. The number of likely N-dealkylation sites (tertiary alicyclic amines) is 1. The Morgan fingerprint density at radius 1 is 1.33 bits per heavy atom. The maximum atomic E-state index is 12.1. The molecule has 2 aliphatic heterocycles. The Hall–Kier alpha value is -2.12. The molecule has 2 saturated heterocycles. The summed E-state index contributed by atoms with van der Waals surface area (Å²) in [5.41, 5.74) is 0. The van der Waals surface area contributed by atoms with Gasteiger partial charge in [-0.3, -0.25) is 0 Å². The van der Waals surface area contributed by atoms with Crippen molar-refractivity contribution in [1.82, 2.24) is 30.1 Å². The van der Waals surface area contributed by atoms with E-state index in [0.717, 1.165) is 6.42 Å². The number of hydrogen-bond donors (Lipinski definition) is 1. The van der Waals surface area contributed by atoms with Crippen molar-refractivity contribution in [3.05, 3.63) is 12.4 Å². The molecule has 1 N–H and O–H groups in total. The maximum Gasteiger partial charge on any atom is 0.328 e. The number of aromatic nitrogens is 3. The second kappa shape index (κ2) is 4.28. The highest BCUT2D eigenvalue weighted by Crippen LogP contribution is 2.21. The van der Waals surface area contributed by atoms with E-state index in [0.29, 0.717) is 26.2 Å². The molecule has 2 fully saturated rings. The van der Waals surface area contributed by atoms with Crippen molar-refractivity contribution in [3.8, 4) is 0 Å². The standard InChI is InChI=1S/C10H14N6O2/c17-9-11-4-6-15(9)10(18)14-5-1-8(7-14)16-12-2-3-13-16/h2-3,8H,1,4-7H2,(H,11,17). The Balaban J connectivity index is 1.65. The fraction of sp³-hybridized carbons (Fsp3) is 0.600. The van der Waals surface area contributed by atoms with E-state index in [1.807, 2.05) is 0 Å². The molecule has 0 aliphatic carbocycles. The Bertz CT molecular complexity index is 459. The number of urea groups is 2. The number of nitrogens with zero attached hydrogens (tertiary/aromatic N) is 5. The fourth-order valence-electron chi connectivity index (χ4n) is 2.34. The first-order valence-electron chi connectivity index (χ1n) is 5.96. The van der Waals surface area contributed by atoms with Crippen LogP contribution in [0, 0.1) is 0 Å². The third-order valence-corrected chi connectivity index (χ3v) is 3.28. The van der Waals surface area contributed by atoms with Gasteiger partial charge in [0.2, 0.25) is 0 Å². The molecule has 96 valence electrons. The van der Waals surface area contributed by atoms with Crippen LogP contribution in [0.1, 0.15) is 12.5 Å². The van der Waals surface area contributed by atoms with Crippen LogP contribution >= 0.6 is 0 Å². The summed E-state index contributed by atoms with van der Waals surface area (Å²) in [5, 5.41) is 10.8. The number of carbonyl (C=O) groups is 2. The van der Waals surface area contributed by atoms with Crippen LogP contribution in [0.15, 0.2) is 12.4 Å². The third-order valence-electron chi connectivity index (χ3n) is 3.28. The molecule has 0 saturated carbocycles. The zero-order chi connectivity index (χ0) is 12.5. The molecule has 3 heterocycles. The third kappa shape index (κ3) is 1.79. The van der Waals surface area contributed by atoms with E-state index in [-0.39, 0.29) is 18.1 Å². The normalized spacial score (nSPS) is 23.6. The van der Waals surface area contributed by atoms with Gasteiger partial charge in [-0.25, -0.2) is 14.5 Å². The Kier molecular flexibility index (Phi) is 2.62. The van der Waals surface area contributed by atoms with E-state index in [2.05, 4.69) is 15.5 Å². The molecule has 8 heteroatoms. The number of hydrogen-bond acceptors (Lipinski definition) is 4. The second-order valence-electron chi connectivity index (χ2n) is 4.40. The number of carbonyl (C=O) groups excluding carboxylic acids is 2. The molecule has 4 amide bonds. The van der Waals surface area contributed by atoms with Crippen LogP contribution < -0.4 is 5.32 Å². The van der Waals surface area contributed by atoms with E-state index >= 15 is 0 Å². The average Bonchev–Trinajstić information content (AvgIpc) is 3.09. The molecule has 1 aromatic heterocycles. The van der Waals surface area contributed by atoms with Gasteiger partial charge in [-0.05, 0) is 6.42 Å². The van der Waals surface area contributed by atoms with Crippen LogP contribution in [0.25, 0.3) is 0 Å². The van der Waals surface area contributed by atoms with E-state index in [4.69, 9.17) is 0 Å². The SMILES string of the molecule is O=C1NCCN1C(=O)N1CCC(n2nccn2)C1. The average molecular weight is 250 g/mol. The number of nitrogens with one attached hydrogen (secondary N) is 1. The van der Waals surface area contributed by atoms with Crippen molar-refractivity contribution < 1.29 is 9.59 Å². The predicted octanol–water partition coefficient (Wildman–Crippen LogP) is -0.330. The predicted molar refractivity (Wildman–Crippen MR) is 60.7 cm³/mol. The highest BCUT2D eigenvalue weighted by atomic mass is 16.2. The van der Waals surface area contributed by atoms with Gasteiger partial charge in [0, 0.05) is 26.2 Å². The molecule has 8 nitrogen and oxygen atoms in total. The van der Waals surface area contributed by atoms with Gasteiger partial charge in [0.1, 0.15) is 0 Å². The molecule has 0 radical (unpaired) electrons. The molecule has 0 bridgehead atoms. The molecule has 3 rings (SSSR count). The first-order valence-corrected chi connectivity index (χ1v) is 5.96. The zero-order valence-corrected chi connectivity index (χ0v) is 9.82. The van der Waals surface area contributed by atoms with Gasteiger partial charge in [0.05, 0.1) is 18.4 Å². The summed E-state index contributed by atoms with van der Waals surface area (Å²) in [7, 11) is 0. The van der Waals surface area contributed by atoms with Crippen molar-refractivity contribution in [1.29, 1.82) is 0 Å². The summed E-state index contributed by atoms with van der Waals surface area (Å²) < 4.78 is 0. The molecular weight excluding hydrogens is 236 g/mol. The van der Waals surface area contributed by atoms with Crippen LogP contribution in [-0.2, 0) is 0 Å². The van der Waals surface area contributed by atoms with Crippen LogP contribution in [-0.4, -0.2) is 63.0 Å². The highest BCUT2D eigenvalue weighted by Gasteiger charge is 2.35. The van der Waals surface area contributed by atoms with Gasteiger partial charge in [-0.1, -0.05) is 0 Å². The minimum absolute atomic E-state index is 0.106. The molecule has 18 heavy (non-hydrogen) atoms. The highest BCUT2D eigenvalue weighted by molar-refractivity contribution is 5.95. The molecule has 1 aromatic rings. The number of imide groups is 1. The zero-order valence-electron chi connectivity index (χ0n) is 9.82. The first kappa shape index (κ1) is 11.0. The van der Waals surface area contributed by atoms with Crippen molar-refractivity contribution in [2.75, 3.05) is 26.2 Å². The molecule has 0 aromatic carbocycles. The Morgan fingerprint density at radius 3 is 2.78 bits per heavy atom. The van der Waals surface area contributed by atoms with Gasteiger partial charge in [-0.15, -0.1) is 0 Å².